The number of benzene rings is 1. The third kappa shape index (κ3) is 3.85. The number of halogens is 1. The molecule has 2 amide bonds. The van der Waals surface area contributed by atoms with Gasteiger partial charge in [0.25, 0.3) is 0 Å². The molecule has 8 rings (SSSR count). The average Bonchev–Trinajstić information content (AvgIpc) is 3.90. The predicted molar refractivity (Wildman–Crippen MR) is 158 cm³/mol. The Bertz CT molecular complexity index is 1840. The van der Waals surface area contributed by atoms with Gasteiger partial charge in [-0.2, -0.15) is 5.10 Å². The van der Waals surface area contributed by atoms with E-state index in [0.29, 0.717) is 45.3 Å². The number of nitrogens with one attached hydrogen (secondary N) is 1. The first kappa shape index (κ1) is 25.7. The first-order valence-corrected chi connectivity index (χ1v) is 15.0. The molecule has 0 spiro atoms. The zero-order chi connectivity index (χ0) is 29.0. The molecule has 4 fully saturated rings. The third-order valence-electron chi connectivity index (χ3n) is 9.63. The summed E-state index contributed by atoms with van der Waals surface area (Å²) in [6.45, 7) is 3.81. The van der Waals surface area contributed by atoms with Crippen LogP contribution < -0.4 is 5.32 Å². The molecule has 0 unspecified atom stereocenters. The van der Waals surface area contributed by atoms with Crippen LogP contribution >= 0.6 is 15.9 Å². The zero-order valence-corrected chi connectivity index (χ0v) is 24.8. The molecule has 1 aliphatic heterocycles. The lowest BCUT2D eigenvalue weighted by atomic mass is 9.99. The number of fused-ring (bicyclic) bond motifs is 1. The van der Waals surface area contributed by atoms with E-state index in [1.165, 1.54) is 6.92 Å². The number of rotatable bonds is 7. The number of likely N-dealkylation sites (tertiary alicyclic amines) is 1. The number of nitrogens with zero attached hydrogens (tertiary/aromatic N) is 6. The topological polar surface area (TPSA) is 123 Å². The number of Topliss-reactive ketones (excluding diaryl/α,β-unsaturated/α-hetero) is 1. The summed E-state index contributed by atoms with van der Waals surface area (Å²) < 4.78 is 2.25. The number of anilines is 1. The summed E-state index contributed by atoms with van der Waals surface area (Å²) in [5.74, 6) is 1.14. The van der Waals surface area contributed by atoms with E-state index in [2.05, 4.69) is 41.3 Å². The van der Waals surface area contributed by atoms with Crippen molar-refractivity contribution in [2.75, 3.05) is 11.9 Å². The molecule has 0 radical (unpaired) electrons. The van der Waals surface area contributed by atoms with Gasteiger partial charge in [0.05, 0.1) is 5.52 Å². The van der Waals surface area contributed by atoms with Crippen LogP contribution in [0, 0.1) is 17.8 Å². The van der Waals surface area contributed by atoms with Crippen LogP contribution in [0.3, 0.4) is 0 Å². The lowest BCUT2D eigenvalue weighted by molar-refractivity contribution is -0.140. The van der Waals surface area contributed by atoms with Crippen LogP contribution in [0.5, 0.6) is 0 Å². The minimum atomic E-state index is -0.542. The number of piperidine rings is 2. The van der Waals surface area contributed by atoms with Crippen LogP contribution in [0.25, 0.3) is 22.0 Å². The minimum absolute atomic E-state index is 0.0603. The molecule has 4 heterocycles. The maximum atomic E-state index is 13.9. The number of carbonyl (C=O) groups excluding carboxylic acids is 3. The molecule has 3 saturated carbocycles. The highest BCUT2D eigenvalue weighted by atomic mass is 79.9. The maximum absolute atomic E-state index is 13.9. The Morgan fingerprint density at radius 2 is 1.83 bits per heavy atom. The molecule has 212 valence electrons. The van der Waals surface area contributed by atoms with Crippen molar-refractivity contribution in [3.8, 4) is 11.1 Å². The van der Waals surface area contributed by atoms with Gasteiger partial charge in [-0.05, 0) is 89.2 Å². The smallest absolute Gasteiger partial charge is 0.248 e. The highest BCUT2D eigenvalue weighted by Crippen LogP contribution is 2.91. The fraction of sp³-hybridized carbons (Fsp3) is 0.387. The first-order chi connectivity index (χ1) is 20.2. The van der Waals surface area contributed by atoms with Crippen molar-refractivity contribution < 1.29 is 14.4 Å². The third-order valence-corrected chi connectivity index (χ3v) is 10.1. The lowest BCUT2D eigenvalue weighted by Crippen LogP contribution is -2.50. The summed E-state index contributed by atoms with van der Waals surface area (Å²) in [5.41, 5.74) is 3.67. The van der Waals surface area contributed by atoms with Gasteiger partial charge in [0.2, 0.25) is 11.8 Å². The molecule has 1 saturated heterocycles. The highest BCUT2D eigenvalue weighted by molar-refractivity contribution is 9.10. The van der Waals surface area contributed by atoms with E-state index < -0.39 is 6.04 Å². The molecule has 42 heavy (non-hydrogen) atoms. The molecule has 10 nitrogen and oxygen atoms in total. The Morgan fingerprint density at radius 3 is 2.55 bits per heavy atom. The van der Waals surface area contributed by atoms with E-state index in [4.69, 9.17) is 0 Å². The van der Waals surface area contributed by atoms with E-state index in [0.717, 1.165) is 42.4 Å². The molecule has 1 aromatic carbocycles. The molecule has 3 aliphatic carbocycles. The molecule has 4 aromatic rings. The molecule has 4 aliphatic rings. The quantitative estimate of drug-likeness (QED) is 0.234. The number of aromatic nitrogens is 5. The zero-order valence-electron chi connectivity index (χ0n) is 23.2. The van der Waals surface area contributed by atoms with Gasteiger partial charge < -0.3 is 10.2 Å². The van der Waals surface area contributed by atoms with Crippen LogP contribution in [0.1, 0.15) is 60.4 Å². The summed E-state index contributed by atoms with van der Waals surface area (Å²) >= 11 is 3.43. The van der Waals surface area contributed by atoms with Crippen molar-refractivity contribution in [2.45, 2.75) is 58.0 Å². The van der Waals surface area contributed by atoms with E-state index in [9.17, 15) is 14.4 Å². The second kappa shape index (κ2) is 8.76. The molecule has 1 atom stereocenters. The van der Waals surface area contributed by atoms with Gasteiger partial charge in [-0.3, -0.25) is 19.1 Å². The maximum Gasteiger partial charge on any atom is 0.248 e. The van der Waals surface area contributed by atoms with E-state index in [1.54, 1.807) is 22.0 Å². The van der Waals surface area contributed by atoms with Crippen LogP contribution in [-0.4, -0.2) is 59.8 Å². The summed E-state index contributed by atoms with van der Waals surface area (Å²) in [6, 6.07) is 9.06. The van der Waals surface area contributed by atoms with Gasteiger partial charge in [-0.15, -0.1) is 0 Å². The summed E-state index contributed by atoms with van der Waals surface area (Å²) in [6.07, 6.45) is 7.63. The summed E-state index contributed by atoms with van der Waals surface area (Å²) in [7, 11) is 0. The fourth-order valence-electron chi connectivity index (χ4n) is 7.12. The van der Waals surface area contributed by atoms with E-state index in [-0.39, 0.29) is 35.0 Å². The minimum Gasteiger partial charge on any atom is -0.328 e. The molecule has 11 heteroatoms. The standard InChI is InChI=1S/C31H28BrN7O3/c1-16(40)26-22-9-19(20-10-33-17(2)34-11-20)5-7-23(22)39(37-26)12-25(41)38-15-30-13-31(30,14-30)27(38)29(42)36-28-21(18-3-4-18)6-8-24(32)35-28/h5-11,18,27H,3-4,12-15H2,1-2H3,(H,35,36,42)/t27-,30?,31?/m1/s1. The van der Waals surface area contributed by atoms with Gasteiger partial charge in [0.1, 0.15) is 34.5 Å². The molecular formula is C31H28BrN7O3. The Kier molecular flexibility index (Phi) is 5.36. The van der Waals surface area contributed by atoms with Gasteiger partial charge in [-0.1, -0.05) is 12.1 Å². The summed E-state index contributed by atoms with van der Waals surface area (Å²) in [4.78, 5) is 55.1. The van der Waals surface area contributed by atoms with E-state index >= 15 is 0 Å². The fourth-order valence-corrected chi connectivity index (χ4v) is 7.42. The van der Waals surface area contributed by atoms with Crippen molar-refractivity contribution in [3.63, 3.8) is 0 Å². The summed E-state index contributed by atoms with van der Waals surface area (Å²) in [5, 5.41) is 8.32. The van der Waals surface area contributed by atoms with Crippen LogP contribution in [-0.2, 0) is 16.1 Å². The number of aryl methyl sites for hydroxylation is 1. The normalized spacial score (nSPS) is 25.2. The van der Waals surface area contributed by atoms with Crippen molar-refractivity contribution in [2.24, 2.45) is 10.8 Å². The Hall–Kier alpha value is -3.99. The largest absolute Gasteiger partial charge is 0.328 e. The Morgan fingerprint density at radius 1 is 1.07 bits per heavy atom. The van der Waals surface area contributed by atoms with Crippen molar-refractivity contribution in [1.82, 2.24) is 29.6 Å². The number of ketones is 1. The molecular weight excluding hydrogens is 598 g/mol. The number of amides is 2. The molecule has 1 N–H and O–H groups in total. The van der Waals surface area contributed by atoms with E-state index in [1.807, 2.05) is 37.3 Å². The van der Waals surface area contributed by atoms with Crippen molar-refractivity contribution >= 4 is 50.2 Å². The van der Waals surface area contributed by atoms with Crippen LogP contribution in [0.2, 0.25) is 0 Å². The predicted octanol–water partition coefficient (Wildman–Crippen LogP) is 4.67. The van der Waals surface area contributed by atoms with Crippen molar-refractivity contribution in [1.29, 1.82) is 0 Å². The average molecular weight is 627 g/mol. The monoisotopic (exact) mass is 625 g/mol. The van der Waals surface area contributed by atoms with Crippen molar-refractivity contribution in [3.05, 3.63) is 64.4 Å². The number of pyridine rings is 1. The first-order valence-electron chi connectivity index (χ1n) is 14.3. The molecule has 0 bridgehead atoms. The highest BCUT2D eigenvalue weighted by Gasteiger charge is 2.91. The molecule has 3 aromatic heterocycles. The Labute approximate surface area is 250 Å². The van der Waals surface area contributed by atoms with Gasteiger partial charge >= 0.3 is 0 Å². The Balaban J connectivity index is 1.08. The van der Waals surface area contributed by atoms with Crippen LogP contribution in [0.15, 0.2) is 47.3 Å². The number of hydrogen-bond acceptors (Lipinski definition) is 7. The lowest BCUT2D eigenvalue weighted by Gasteiger charge is -2.33. The van der Waals surface area contributed by atoms with Gasteiger partial charge in [0.15, 0.2) is 5.78 Å². The number of hydrogen-bond donors (Lipinski definition) is 1. The van der Waals surface area contributed by atoms with Gasteiger partial charge in [-0.25, -0.2) is 15.0 Å². The second-order valence-corrected chi connectivity index (χ2v) is 13.2. The van der Waals surface area contributed by atoms with Gasteiger partial charge in [0, 0.05) is 42.2 Å². The van der Waals surface area contributed by atoms with Crippen LogP contribution in [0.4, 0.5) is 5.82 Å². The second-order valence-electron chi connectivity index (χ2n) is 12.4. The SMILES string of the molecule is CC(=O)c1nn(CC(=O)N2CC34CC3(C4)[C@H]2C(=O)Nc2nc(Br)ccc2C2CC2)c2ccc(-c3cnc(C)nc3)cc12. The number of carbonyl (C=O) groups is 3.